The predicted molar refractivity (Wildman–Crippen MR) is 57.6 cm³/mol. The van der Waals surface area contributed by atoms with Gasteiger partial charge in [-0.15, -0.1) is 0 Å². The summed E-state index contributed by atoms with van der Waals surface area (Å²) < 4.78 is 5.43. The van der Waals surface area contributed by atoms with E-state index in [1.54, 1.807) is 0 Å². The Morgan fingerprint density at radius 1 is 1.60 bits per heavy atom. The highest BCUT2D eigenvalue weighted by atomic mass is 16.5. The summed E-state index contributed by atoms with van der Waals surface area (Å²) in [5, 5.41) is 11.8. The van der Waals surface area contributed by atoms with E-state index >= 15 is 0 Å². The van der Waals surface area contributed by atoms with E-state index in [-0.39, 0.29) is 6.04 Å². The van der Waals surface area contributed by atoms with Crippen molar-refractivity contribution in [2.45, 2.75) is 25.9 Å². The van der Waals surface area contributed by atoms with Crippen LogP contribution in [-0.4, -0.2) is 12.6 Å². The number of benzene rings is 1. The summed E-state index contributed by atoms with van der Waals surface area (Å²) >= 11 is 0. The molecule has 1 atom stereocenters. The lowest BCUT2D eigenvalue weighted by atomic mass is 10.1. The lowest BCUT2D eigenvalue weighted by molar-refractivity contribution is 0.357. The molecule has 15 heavy (non-hydrogen) atoms. The molecule has 0 fully saturated rings. The molecule has 1 heterocycles. The van der Waals surface area contributed by atoms with E-state index in [9.17, 15) is 0 Å². The smallest absolute Gasteiger partial charge is 0.122 e. The fourth-order valence-corrected chi connectivity index (χ4v) is 1.67. The molecule has 0 radical (unpaired) electrons. The van der Waals surface area contributed by atoms with Gasteiger partial charge in [0.2, 0.25) is 0 Å². The Balaban J connectivity index is 2.01. The van der Waals surface area contributed by atoms with Crippen molar-refractivity contribution in [1.82, 2.24) is 5.32 Å². The fraction of sp³-hybridized carbons (Fsp3) is 0.417. The Kier molecular flexibility index (Phi) is 2.89. The van der Waals surface area contributed by atoms with Crippen LogP contribution in [0.25, 0.3) is 0 Å². The molecule has 0 bridgehead atoms. The molecule has 0 amide bonds. The molecular formula is C12H14N2O. The van der Waals surface area contributed by atoms with Crippen LogP contribution in [0.2, 0.25) is 0 Å². The van der Waals surface area contributed by atoms with Crippen molar-refractivity contribution >= 4 is 0 Å². The van der Waals surface area contributed by atoms with Crippen LogP contribution in [0.15, 0.2) is 18.2 Å². The molecule has 0 saturated carbocycles. The minimum Gasteiger partial charge on any atom is -0.493 e. The van der Waals surface area contributed by atoms with E-state index in [0.717, 1.165) is 25.3 Å². The molecule has 3 heteroatoms. The molecule has 2 rings (SSSR count). The summed E-state index contributed by atoms with van der Waals surface area (Å²) in [6, 6.07) is 8.25. The third-order valence-corrected chi connectivity index (χ3v) is 2.56. The molecule has 0 spiro atoms. The molecule has 1 aliphatic heterocycles. The molecule has 1 aromatic rings. The number of hydrogen-bond donors (Lipinski definition) is 1. The molecular weight excluding hydrogens is 188 g/mol. The molecule has 1 N–H and O–H groups in total. The predicted octanol–water partition coefficient (Wildman–Crippen LogP) is 1.62. The van der Waals surface area contributed by atoms with E-state index in [4.69, 9.17) is 10.00 Å². The zero-order chi connectivity index (χ0) is 10.7. The Hall–Kier alpha value is -1.53. The Morgan fingerprint density at radius 2 is 2.47 bits per heavy atom. The maximum atomic E-state index is 8.64. The van der Waals surface area contributed by atoms with Gasteiger partial charge in [-0.1, -0.05) is 12.1 Å². The first-order chi connectivity index (χ1) is 7.29. The number of nitrogens with zero attached hydrogens (tertiary/aromatic N) is 1. The van der Waals surface area contributed by atoms with Gasteiger partial charge >= 0.3 is 0 Å². The van der Waals surface area contributed by atoms with Crippen LogP contribution in [0.3, 0.4) is 0 Å². The first-order valence-electron chi connectivity index (χ1n) is 5.17. The van der Waals surface area contributed by atoms with Crippen molar-refractivity contribution in [2.24, 2.45) is 0 Å². The molecule has 1 unspecified atom stereocenters. The van der Waals surface area contributed by atoms with Gasteiger partial charge < -0.3 is 4.74 Å². The Bertz CT molecular complexity index is 395. The number of ether oxygens (including phenoxy) is 1. The molecule has 0 aromatic heterocycles. The van der Waals surface area contributed by atoms with Gasteiger partial charge in [0, 0.05) is 13.0 Å². The number of hydrogen-bond acceptors (Lipinski definition) is 3. The van der Waals surface area contributed by atoms with Crippen LogP contribution in [0.5, 0.6) is 5.75 Å². The van der Waals surface area contributed by atoms with E-state index in [1.807, 2.05) is 19.1 Å². The van der Waals surface area contributed by atoms with E-state index < -0.39 is 0 Å². The summed E-state index contributed by atoms with van der Waals surface area (Å²) in [4.78, 5) is 0. The van der Waals surface area contributed by atoms with Crippen LogP contribution >= 0.6 is 0 Å². The van der Waals surface area contributed by atoms with Gasteiger partial charge in [-0.25, -0.2) is 0 Å². The first-order valence-corrected chi connectivity index (χ1v) is 5.17. The van der Waals surface area contributed by atoms with E-state index in [0.29, 0.717) is 0 Å². The van der Waals surface area contributed by atoms with Crippen molar-refractivity contribution in [1.29, 1.82) is 5.26 Å². The van der Waals surface area contributed by atoms with Gasteiger partial charge in [-0.3, -0.25) is 5.32 Å². The second-order valence-electron chi connectivity index (χ2n) is 3.77. The normalized spacial score (nSPS) is 15.2. The minimum atomic E-state index is -0.102. The van der Waals surface area contributed by atoms with E-state index in [2.05, 4.69) is 17.5 Å². The minimum absolute atomic E-state index is 0.102. The Labute approximate surface area is 89.7 Å². The van der Waals surface area contributed by atoms with Gasteiger partial charge in [0.25, 0.3) is 0 Å². The van der Waals surface area contributed by atoms with Crippen LogP contribution < -0.4 is 10.1 Å². The number of rotatable bonds is 3. The van der Waals surface area contributed by atoms with Crippen molar-refractivity contribution in [3.63, 3.8) is 0 Å². The topological polar surface area (TPSA) is 45.0 Å². The lowest BCUT2D eigenvalue weighted by Crippen LogP contribution is -2.23. The zero-order valence-electron chi connectivity index (χ0n) is 8.79. The average molecular weight is 202 g/mol. The summed E-state index contributed by atoms with van der Waals surface area (Å²) in [5.41, 5.74) is 2.49. The van der Waals surface area contributed by atoms with Crippen LogP contribution in [0.4, 0.5) is 0 Å². The largest absolute Gasteiger partial charge is 0.493 e. The third kappa shape index (κ3) is 2.28. The highest BCUT2D eigenvalue weighted by Gasteiger charge is 2.11. The van der Waals surface area contributed by atoms with Gasteiger partial charge in [-0.05, 0) is 24.1 Å². The monoisotopic (exact) mass is 202 g/mol. The number of nitrogens with one attached hydrogen (secondary N) is 1. The van der Waals surface area contributed by atoms with Gasteiger partial charge in [0.1, 0.15) is 5.75 Å². The quantitative estimate of drug-likeness (QED) is 0.810. The van der Waals surface area contributed by atoms with E-state index in [1.165, 1.54) is 11.1 Å². The average Bonchev–Trinajstić information content (AvgIpc) is 2.72. The maximum absolute atomic E-state index is 8.64. The number of nitriles is 1. The second kappa shape index (κ2) is 4.33. The SMILES string of the molecule is CC(C#N)NCc1ccc2c(c1)CCO2. The van der Waals surface area contributed by atoms with Crippen LogP contribution in [-0.2, 0) is 13.0 Å². The highest BCUT2D eigenvalue weighted by Crippen LogP contribution is 2.25. The maximum Gasteiger partial charge on any atom is 0.122 e. The van der Waals surface area contributed by atoms with Crippen molar-refractivity contribution < 1.29 is 4.74 Å². The van der Waals surface area contributed by atoms with Crippen LogP contribution in [0, 0.1) is 11.3 Å². The molecule has 3 nitrogen and oxygen atoms in total. The molecule has 1 aliphatic rings. The second-order valence-corrected chi connectivity index (χ2v) is 3.77. The zero-order valence-corrected chi connectivity index (χ0v) is 8.79. The van der Waals surface area contributed by atoms with Gasteiger partial charge in [0.05, 0.1) is 18.7 Å². The Morgan fingerprint density at radius 3 is 3.27 bits per heavy atom. The summed E-state index contributed by atoms with van der Waals surface area (Å²) in [6.07, 6.45) is 0.997. The van der Waals surface area contributed by atoms with Crippen molar-refractivity contribution in [3.8, 4) is 11.8 Å². The summed E-state index contributed by atoms with van der Waals surface area (Å²) in [6.45, 7) is 3.39. The number of fused-ring (bicyclic) bond motifs is 1. The lowest BCUT2D eigenvalue weighted by Gasteiger charge is -2.07. The summed E-state index contributed by atoms with van der Waals surface area (Å²) in [7, 11) is 0. The van der Waals surface area contributed by atoms with Gasteiger partial charge in [0.15, 0.2) is 0 Å². The first kappa shape index (κ1) is 10.0. The molecule has 1 aromatic carbocycles. The van der Waals surface area contributed by atoms with Gasteiger partial charge in [-0.2, -0.15) is 5.26 Å². The summed E-state index contributed by atoms with van der Waals surface area (Å²) in [5.74, 6) is 1.01. The standard InChI is InChI=1S/C12H14N2O/c1-9(7-13)14-8-10-2-3-12-11(6-10)4-5-15-12/h2-3,6,9,14H,4-5,8H2,1H3. The third-order valence-electron chi connectivity index (χ3n) is 2.56. The highest BCUT2D eigenvalue weighted by molar-refractivity contribution is 5.39. The molecule has 78 valence electrons. The van der Waals surface area contributed by atoms with Crippen molar-refractivity contribution in [2.75, 3.05) is 6.61 Å². The van der Waals surface area contributed by atoms with Crippen molar-refractivity contribution in [3.05, 3.63) is 29.3 Å². The molecule has 0 saturated heterocycles. The van der Waals surface area contributed by atoms with Crippen LogP contribution in [0.1, 0.15) is 18.1 Å². The molecule has 0 aliphatic carbocycles. The fourth-order valence-electron chi connectivity index (χ4n) is 1.67.